The topological polar surface area (TPSA) is 77.0 Å². The highest BCUT2D eigenvalue weighted by molar-refractivity contribution is 7.99. The molecule has 1 aromatic rings. The van der Waals surface area contributed by atoms with Gasteiger partial charge in [-0.2, -0.15) is 11.8 Å². The smallest absolute Gasteiger partial charge is 0.149 e. The normalized spacial score (nSPS) is 21.2. The first kappa shape index (κ1) is 10.4. The Labute approximate surface area is 93.8 Å². The molecule has 1 unspecified atom stereocenters. The lowest BCUT2D eigenvalue weighted by molar-refractivity contribution is 0.682. The lowest BCUT2D eigenvalue weighted by Crippen LogP contribution is -2.26. The zero-order valence-corrected chi connectivity index (χ0v) is 9.39. The number of aromatic nitrogens is 1. The van der Waals surface area contributed by atoms with Gasteiger partial charge in [0.15, 0.2) is 0 Å². The Hall–Kier alpha value is -1.10. The fourth-order valence-corrected chi connectivity index (χ4v) is 2.70. The summed E-state index contributed by atoms with van der Waals surface area (Å²) in [5.41, 5.74) is 11.8. The van der Waals surface area contributed by atoms with E-state index in [1.54, 1.807) is 6.07 Å². The molecule has 5 N–H and O–H groups in total. The molecule has 0 spiro atoms. The minimum Gasteiger partial charge on any atom is -0.396 e. The molecule has 0 aromatic carbocycles. The monoisotopic (exact) mass is 224 g/mol. The Bertz CT molecular complexity index is 336. The summed E-state index contributed by atoms with van der Waals surface area (Å²) in [6.45, 7) is 0. The molecule has 82 valence electrons. The summed E-state index contributed by atoms with van der Waals surface area (Å²) in [7, 11) is 0. The molecular formula is C10H16N4S. The first-order chi connectivity index (χ1) is 7.25. The van der Waals surface area contributed by atoms with E-state index in [1.165, 1.54) is 18.6 Å². The lowest BCUT2D eigenvalue weighted by Gasteiger charge is -2.23. The fourth-order valence-electron chi connectivity index (χ4n) is 1.63. The molecule has 0 saturated carbocycles. The quantitative estimate of drug-likeness (QED) is 0.710. The van der Waals surface area contributed by atoms with Gasteiger partial charge in [0.05, 0.1) is 5.69 Å². The van der Waals surface area contributed by atoms with E-state index in [2.05, 4.69) is 10.3 Å². The van der Waals surface area contributed by atoms with E-state index < -0.39 is 0 Å². The molecule has 1 aliphatic heterocycles. The molecule has 0 radical (unpaired) electrons. The Kier molecular flexibility index (Phi) is 3.20. The number of anilines is 3. The van der Waals surface area contributed by atoms with Crippen molar-refractivity contribution in [2.24, 2.45) is 0 Å². The molecule has 5 heteroatoms. The number of rotatable bonds is 2. The third kappa shape index (κ3) is 2.68. The molecule has 1 aromatic heterocycles. The molecule has 1 atom stereocenters. The van der Waals surface area contributed by atoms with Crippen LogP contribution in [0.4, 0.5) is 17.3 Å². The zero-order chi connectivity index (χ0) is 10.7. The molecule has 0 amide bonds. The van der Waals surface area contributed by atoms with Gasteiger partial charge in [0.25, 0.3) is 0 Å². The Morgan fingerprint density at radius 2 is 2.27 bits per heavy atom. The van der Waals surface area contributed by atoms with Gasteiger partial charge in [-0.15, -0.1) is 0 Å². The maximum atomic E-state index is 5.64. The summed E-state index contributed by atoms with van der Waals surface area (Å²) in [5, 5.41) is 3.38. The molecular weight excluding hydrogens is 208 g/mol. The molecule has 0 bridgehead atoms. The van der Waals surface area contributed by atoms with E-state index in [-0.39, 0.29) is 0 Å². The van der Waals surface area contributed by atoms with Crippen LogP contribution >= 0.6 is 11.8 Å². The second-order valence-corrected chi connectivity index (χ2v) is 4.88. The molecule has 2 rings (SSSR count). The second kappa shape index (κ2) is 4.61. The van der Waals surface area contributed by atoms with Crippen LogP contribution in [-0.4, -0.2) is 22.5 Å². The van der Waals surface area contributed by atoms with Crippen molar-refractivity contribution in [1.82, 2.24) is 4.98 Å². The van der Waals surface area contributed by atoms with E-state index >= 15 is 0 Å². The van der Waals surface area contributed by atoms with E-state index in [4.69, 9.17) is 11.5 Å². The molecule has 2 heterocycles. The van der Waals surface area contributed by atoms with Crippen LogP contribution in [0.1, 0.15) is 12.8 Å². The van der Waals surface area contributed by atoms with Crippen molar-refractivity contribution in [3.05, 3.63) is 12.1 Å². The Balaban J connectivity index is 2.00. The van der Waals surface area contributed by atoms with Crippen LogP contribution in [0.3, 0.4) is 0 Å². The number of nitrogens with zero attached hydrogens (tertiary/aromatic N) is 1. The van der Waals surface area contributed by atoms with Crippen LogP contribution in [0.5, 0.6) is 0 Å². The number of thioether (sulfide) groups is 1. The van der Waals surface area contributed by atoms with Crippen LogP contribution in [0, 0.1) is 0 Å². The van der Waals surface area contributed by atoms with E-state index in [9.17, 15) is 0 Å². The minimum absolute atomic E-state index is 0.406. The standard InChI is InChI=1S/C10H16N4S/c11-8-3-4-9(14-10(8)12)13-7-2-1-5-15-6-7/h3-4,7H,1-2,5-6,11H2,(H3,12,13,14). The van der Waals surface area contributed by atoms with Gasteiger partial charge in [-0.05, 0) is 30.7 Å². The summed E-state index contributed by atoms with van der Waals surface area (Å²) in [5.74, 6) is 3.65. The van der Waals surface area contributed by atoms with Gasteiger partial charge in [-0.3, -0.25) is 0 Å². The summed E-state index contributed by atoms with van der Waals surface area (Å²) < 4.78 is 0. The predicted octanol–water partition coefficient (Wildman–Crippen LogP) is 1.55. The number of nitrogens with one attached hydrogen (secondary N) is 1. The predicted molar refractivity (Wildman–Crippen MR) is 67.0 cm³/mol. The maximum absolute atomic E-state index is 5.64. The third-order valence-electron chi connectivity index (χ3n) is 2.47. The zero-order valence-electron chi connectivity index (χ0n) is 8.57. The van der Waals surface area contributed by atoms with Crippen molar-refractivity contribution < 1.29 is 0 Å². The molecule has 1 fully saturated rings. The first-order valence-corrected chi connectivity index (χ1v) is 6.27. The summed E-state index contributed by atoms with van der Waals surface area (Å²) >= 11 is 1.98. The number of hydrogen-bond donors (Lipinski definition) is 3. The van der Waals surface area contributed by atoms with Crippen molar-refractivity contribution in [2.45, 2.75) is 18.9 Å². The van der Waals surface area contributed by atoms with E-state index in [0.29, 0.717) is 17.5 Å². The van der Waals surface area contributed by atoms with Crippen molar-refractivity contribution in [2.75, 3.05) is 28.3 Å². The number of hydrogen-bond acceptors (Lipinski definition) is 5. The summed E-state index contributed by atoms with van der Waals surface area (Å²) in [6.07, 6.45) is 2.48. The largest absolute Gasteiger partial charge is 0.396 e. The minimum atomic E-state index is 0.406. The molecule has 0 aliphatic carbocycles. The summed E-state index contributed by atoms with van der Waals surface area (Å²) in [4.78, 5) is 4.20. The van der Waals surface area contributed by atoms with Crippen molar-refractivity contribution in [3.63, 3.8) is 0 Å². The van der Waals surface area contributed by atoms with Gasteiger partial charge in [0, 0.05) is 11.8 Å². The van der Waals surface area contributed by atoms with Crippen LogP contribution in [0.2, 0.25) is 0 Å². The Morgan fingerprint density at radius 3 is 2.93 bits per heavy atom. The van der Waals surface area contributed by atoms with Gasteiger partial charge in [0.1, 0.15) is 11.6 Å². The molecule has 4 nitrogen and oxygen atoms in total. The number of nitrogens with two attached hydrogens (primary N) is 2. The fraction of sp³-hybridized carbons (Fsp3) is 0.500. The average Bonchev–Trinajstić information content (AvgIpc) is 2.25. The van der Waals surface area contributed by atoms with Gasteiger partial charge in [-0.25, -0.2) is 4.98 Å². The molecule has 1 aliphatic rings. The van der Waals surface area contributed by atoms with Crippen LogP contribution in [0.25, 0.3) is 0 Å². The van der Waals surface area contributed by atoms with Gasteiger partial charge < -0.3 is 16.8 Å². The summed E-state index contributed by atoms with van der Waals surface area (Å²) in [6, 6.07) is 4.19. The van der Waals surface area contributed by atoms with Gasteiger partial charge >= 0.3 is 0 Å². The number of pyridine rings is 1. The second-order valence-electron chi connectivity index (χ2n) is 3.73. The molecule has 15 heavy (non-hydrogen) atoms. The first-order valence-electron chi connectivity index (χ1n) is 5.12. The molecule has 1 saturated heterocycles. The maximum Gasteiger partial charge on any atom is 0.149 e. The Morgan fingerprint density at radius 1 is 1.40 bits per heavy atom. The van der Waals surface area contributed by atoms with E-state index in [1.807, 2.05) is 17.8 Å². The van der Waals surface area contributed by atoms with Crippen molar-refractivity contribution in [3.8, 4) is 0 Å². The lowest BCUT2D eigenvalue weighted by atomic mass is 10.2. The van der Waals surface area contributed by atoms with Gasteiger partial charge in [-0.1, -0.05) is 0 Å². The van der Waals surface area contributed by atoms with Crippen LogP contribution in [0.15, 0.2) is 12.1 Å². The van der Waals surface area contributed by atoms with Crippen molar-refractivity contribution >= 4 is 29.1 Å². The van der Waals surface area contributed by atoms with E-state index in [0.717, 1.165) is 11.6 Å². The SMILES string of the molecule is Nc1ccc(NC2CCCSC2)nc1N. The highest BCUT2D eigenvalue weighted by Gasteiger charge is 2.13. The van der Waals surface area contributed by atoms with Crippen LogP contribution in [-0.2, 0) is 0 Å². The van der Waals surface area contributed by atoms with Crippen molar-refractivity contribution in [1.29, 1.82) is 0 Å². The average molecular weight is 224 g/mol. The third-order valence-corrected chi connectivity index (χ3v) is 3.69. The van der Waals surface area contributed by atoms with Gasteiger partial charge in [0.2, 0.25) is 0 Å². The number of nitrogen functional groups attached to an aromatic ring is 2. The van der Waals surface area contributed by atoms with Crippen LogP contribution < -0.4 is 16.8 Å². The highest BCUT2D eigenvalue weighted by atomic mass is 32.2. The highest BCUT2D eigenvalue weighted by Crippen LogP contribution is 2.21.